The first-order valence-corrected chi connectivity index (χ1v) is 10.1. The zero-order valence-corrected chi connectivity index (χ0v) is 16.3. The Morgan fingerprint density at radius 1 is 0.920 bits per heavy atom. The van der Waals surface area contributed by atoms with E-state index < -0.39 is 12.1 Å². The Morgan fingerprint density at radius 3 is 1.96 bits per heavy atom. The maximum absolute atomic E-state index is 11.6. The largest absolute Gasteiger partial charge is 0.463 e. The molecule has 0 unspecified atom stereocenters. The molecule has 0 spiro atoms. The zero-order chi connectivity index (χ0) is 18.8. The summed E-state index contributed by atoms with van der Waals surface area (Å²) in [7, 11) is 0. The predicted molar refractivity (Wildman–Crippen MR) is 102 cm³/mol. The monoisotopic (exact) mass is 354 g/mol. The average molecular weight is 355 g/mol. The van der Waals surface area contributed by atoms with Gasteiger partial charge in [0.1, 0.15) is 6.61 Å². The number of hydrogen-bond donors (Lipinski definition) is 1. The summed E-state index contributed by atoms with van der Waals surface area (Å²) in [6.45, 7) is 3.41. The molecule has 0 amide bonds. The highest BCUT2D eigenvalue weighted by atomic mass is 16.5. The highest BCUT2D eigenvalue weighted by molar-refractivity contribution is 5.89. The molecule has 0 heterocycles. The Bertz CT molecular complexity index is 363. The number of carbonyl (C=O) groups excluding carboxylic acids is 2. The van der Waals surface area contributed by atoms with Crippen LogP contribution in [0, 0.1) is 0 Å². The van der Waals surface area contributed by atoms with Gasteiger partial charge in [-0.25, -0.2) is 0 Å². The Morgan fingerprint density at radius 2 is 1.44 bits per heavy atom. The molecule has 0 aliphatic rings. The molecule has 0 rings (SSSR count). The third kappa shape index (κ3) is 19.0. The molecular weight excluding hydrogens is 316 g/mol. The fourth-order valence-electron chi connectivity index (χ4n) is 2.71. The molecule has 0 aromatic carbocycles. The second kappa shape index (κ2) is 17.7. The van der Waals surface area contributed by atoms with Crippen LogP contribution >= 0.6 is 0 Å². The lowest BCUT2D eigenvalue weighted by molar-refractivity contribution is -0.144. The van der Waals surface area contributed by atoms with E-state index in [0.29, 0.717) is 0 Å². The second-order valence-corrected chi connectivity index (χ2v) is 6.85. The molecule has 0 aliphatic heterocycles. The van der Waals surface area contributed by atoms with E-state index in [-0.39, 0.29) is 18.8 Å². The van der Waals surface area contributed by atoms with Crippen LogP contribution in [0.15, 0.2) is 12.2 Å². The lowest BCUT2D eigenvalue weighted by atomic mass is 10.1. The van der Waals surface area contributed by atoms with Crippen molar-refractivity contribution >= 4 is 11.8 Å². The summed E-state index contributed by atoms with van der Waals surface area (Å²) in [6.07, 6.45) is 17.9. The molecule has 4 heteroatoms. The van der Waals surface area contributed by atoms with E-state index in [1.165, 1.54) is 77.2 Å². The lowest BCUT2D eigenvalue weighted by Gasteiger charge is -2.07. The summed E-state index contributed by atoms with van der Waals surface area (Å²) in [6, 6.07) is 0. The van der Waals surface area contributed by atoms with Crippen molar-refractivity contribution in [2.24, 2.45) is 0 Å². The Hall–Kier alpha value is -1.16. The van der Waals surface area contributed by atoms with Gasteiger partial charge in [0, 0.05) is 13.3 Å². The van der Waals surface area contributed by atoms with Gasteiger partial charge in [-0.15, -0.1) is 0 Å². The van der Waals surface area contributed by atoms with Gasteiger partial charge in [0.2, 0.25) is 0 Å². The van der Waals surface area contributed by atoms with Gasteiger partial charge in [0.05, 0.1) is 6.10 Å². The number of hydrogen-bond acceptors (Lipinski definition) is 4. The first kappa shape index (κ1) is 23.8. The van der Waals surface area contributed by atoms with Crippen LogP contribution in [0.4, 0.5) is 0 Å². The van der Waals surface area contributed by atoms with E-state index in [1.54, 1.807) is 0 Å². The zero-order valence-electron chi connectivity index (χ0n) is 16.3. The number of aliphatic hydroxyl groups excluding tert-OH is 1. The molecule has 25 heavy (non-hydrogen) atoms. The molecule has 0 aromatic rings. The molecule has 0 aliphatic carbocycles. The summed E-state index contributed by atoms with van der Waals surface area (Å²) >= 11 is 0. The number of rotatable bonds is 17. The molecule has 146 valence electrons. The quantitative estimate of drug-likeness (QED) is 0.223. The van der Waals surface area contributed by atoms with Crippen LogP contribution in [0.1, 0.15) is 97.3 Å². The van der Waals surface area contributed by atoms with E-state index >= 15 is 0 Å². The number of esters is 1. The van der Waals surface area contributed by atoms with Crippen molar-refractivity contribution in [3.8, 4) is 0 Å². The molecule has 0 aromatic heterocycles. The van der Waals surface area contributed by atoms with Crippen molar-refractivity contribution in [2.45, 2.75) is 103 Å². The van der Waals surface area contributed by atoms with Crippen molar-refractivity contribution < 1.29 is 19.4 Å². The lowest BCUT2D eigenvalue weighted by Crippen LogP contribution is -2.20. The standard InChI is InChI=1S/C21H38O4/c1-3-4-5-6-7-8-9-10-11-12-13-14-15-16-20(23)17-21(24)18-25-19(2)22/h15-16,21,24H,3-14,17-18H2,1-2H3/b16-15+/t21-/m0/s1. The molecule has 1 N–H and O–H groups in total. The van der Waals surface area contributed by atoms with Gasteiger partial charge in [-0.05, 0) is 18.9 Å². The minimum atomic E-state index is -0.914. The van der Waals surface area contributed by atoms with Crippen LogP contribution in [-0.2, 0) is 14.3 Å². The van der Waals surface area contributed by atoms with Crippen molar-refractivity contribution in [1.82, 2.24) is 0 Å². The molecule has 1 atom stereocenters. The number of carbonyl (C=O) groups is 2. The first-order valence-electron chi connectivity index (χ1n) is 10.1. The molecule has 0 fully saturated rings. The Kier molecular flexibility index (Phi) is 16.8. The Labute approximate surface area is 154 Å². The fourth-order valence-corrected chi connectivity index (χ4v) is 2.71. The number of unbranched alkanes of at least 4 members (excludes halogenated alkanes) is 11. The van der Waals surface area contributed by atoms with Gasteiger partial charge in [0.25, 0.3) is 0 Å². The fraction of sp³-hybridized carbons (Fsp3) is 0.810. The summed E-state index contributed by atoms with van der Waals surface area (Å²) in [4.78, 5) is 22.2. The summed E-state index contributed by atoms with van der Waals surface area (Å²) in [5, 5.41) is 9.54. The number of allylic oxidation sites excluding steroid dienone is 2. The van der Waals surface area contributed by atoms with Gasteiger partial charge in [-0.1, -0.05) is 77.2 Å². The highest BCUT2D eigenvalue weighted by Gasteiger charge is 2.09. The SMILES string of the molecule is CCCCCCCCCCCCC/C=C/C(=O)C[C@H](O)COC(C)=O. The normalized spacial score (nSPS) is 12.4. The number of aliphatic hydroxyl groups is 1. The van der Waals surface area contributed by atoms with Crippen molar-refractivity contribution in [3.63, 3.8) is 0 Å². The van der Waals surface area contributed by atoms with Gasteiger partial charge >= 0.3 is 5.97 Å². The molecule has 0 saturated heterocycles. The topological polar surface area (TPSA) is 63.6 Å². The van der Waals surface area contributed by atoms with Crippen LogP contribution in [0.25, 0.3) is 0 Å². The molecule has 4 nitrogen and oxygen atoms in total. The predicted octanol–water partition coefficient (Wildman–Crippen LogP) is 5.13. The van der Waals surface area contributed by atoms with Crippen LogP contribution in [0.5, 0.6) is 0 Å². The van der Waals surface area contributed by atoms with Crippen LogP contribution in [0.2, 0.25) is 0 Å². The van der Waals surface area contributed by atoms with Crippen LogP contribution < -0.4 is 0 Å². The minimum Gasteiger partial charge on any atom is -0.463 e. The van der Waals surface area contributed by atoms with Gasteiger partial charge in [-0.3, -0.25) is 9.59 Å². The van der Waals surface area contributed by atoms with E-state index in [0.717, 1.165) is 12.8 Å². The summed E-state index contributed by atoms with van der Waals surface area (Å²) < 4.78 is 4.66. The maximum atomic E-state index is 11.6. The van der Waals surface area contributed by atoms with Gasteiger partial charge in [0.15, 0.2) is 5.78 Å². The van der Waals surface area contributed by atoms with E-state index in [4.69, 9.17) is 0 Å². The third-order valence-corrected chi connectivity index (χ3v) is 4.19. The third-order valence-electron chi connectivity index (χ3n) is 4.19. The van der Waals surface area contributed by atoms with Gasteiger partial charge < -0.3 is 9.84 Å². The number of ether oxygens (including phenoxy) is 1. The van der Waals surface area contributed by atoms with E-state index in [2.05, 4.69) is 11.7 Å². The molecule has 0 saturated carbocycles. The molecule has 0 radical (unpaired) electrons. The smallest absolute Gasteiger partial charge is 0.302 e. The molecule has 0 bridgehead atoms. The van der Waals surface area contributed by atoms with Crippen molar-refractivity contribution in [1.29, 1.82) is 0 Å². The van der Waals surface area contributed by atoms with Crippen molar-refractivity contribution in [2.75, 3.05) is 6.61 Å². The average Bonchev–Trinajstić information content (AvgIpc) is 2.57. The summed E-state index contributed by atoms with van der Waals surface area (Å²) in [5.74, 6) is -0.568. The Balaban J connectivity index is 3.39. The van der Waals surface area contributed by atoms with Crippen LogP contribution in [-0.4, -0.2) is 29.6 Å². The highest BCUT2D eigenvalue weighted by Crippen LogP contribution is 2.12. The summed E-state index contributed by atoms with van der Waals surface area (Å²) in [5.41, 5.74) is 0. The van der Waals surface area contributed by atoms with Crippen molar-refractivity contribution in [3.05, 3.63) is 12.2 Å². The van der Waals surface area contributed by atoms with E-state index in [9.17, 15) is 14.7 Å². The first-order chi connectivity index (χ1) is 12.1. The molecular formula is C21H38O4. The maximum Gasteiger partial charge on any atom is 0.302 e. The van der Waals surface area contributed by atoms with Gasteiger partial charge in [-0.2, -0.15) is 0 Å². The minimum absolute atomic E-state index is 0.00202. The van der Waals surface area contributed by atoms with Crippen LogP contribution in [0.3, 0.4) is 0 Å². The van der Waals surface area contributed by atoms with E-state index in [1.807, 2.05) is 6.08 Å². The number of ketones is 1. The second-order valence-electron chi connectivity index (χ2n) is 6.85.